The van der Waals surface area contributed by atoms with E-state index in [4.69, 9.17) is 19.3 Å². The van der Waals surface area contributed by atoms with E-state index < -0.39 is 11.9 Å². The maximum absolute atomic E-state index is 11.4. The van der Waals surface area contributed by atoms with E-state index in [9.17, 15) is 14.7 Å². The van der Waals surface area contributed by atoms with E-state index >= 15 is 0 Å². The Morgan fingerprint density at radius 1 is 0.964 bits per heavy atom. The quantitative estimate of drug-likeness (QED) is 0.505. The first-order chi connectivity index (χ1) is 13.5. The number of ether oxygens (including phenoxy) is 3. The monoisotopic (exact) mass is 384 g/mol. The van der Waals surface area contributed by atoms with Gasteiger partial charge in [0.25, 0.3) is 0 Å². The molecule has 0 heterocycles. The molecule has 146 valence electrons. The van der Waals surface area contributed by atoms with Crippen LogP contribution in [0.4, 0.5) is 0 Å². The summed E-state index contributed by atoms with van der Waals surface area (Å²) in [6.07, 6.45) is 0. The predicted molar refractivity (Wildman–Crippen MR) is 101 cm³/mol. The Hall–Kier alpha value is -3.34. The van der Waals surface area contributed by atoms with Gasteiger partial charge in [-0.15, -0.1) is 0 Å². The Morgan fingerprint density at radius 3 is 2.43 bits per heavy atom. The maximum Gasteiger partial charge on any atom is 0.339 e. The molecule has 0 atom stereocenters. The fraction of sp³-hybridized carbons (Fsp3) is 0.238. The number of carbonyl (C=O) groups is 2. The van der Waals surface area contributed by atoms with Crippen molar-refractivity contribution in [3.05, 3.63) is 59.2 Å². The molecule has 2 aromatic carbocycles. The van der Waals surface area contributed by atoms with Crippen molar-refractivity contribution in [3.8, 4) is 23.3 Å². The lowest BCUT2D eigenvalue weighted by Crippen LogP contribution is -2.04. The van der Waals surface area contributed by atoms with Gasteiger partial charge in [-0.2, -0.15) is 0 Å². The summed E-state index contributed by atoms with van der Waals surface area (Å²) in [5, 5.41) is 18.5. The van der Waals surface area contributed by atoms with Crippen molar-refractivity contribution < 1.29 is 34.0 Å². The first kappa shape index (κ1) is 21.0. The summed E-state index contributed by atoms with van der Waals surface area (Å²) >= 11 is 0. The van der Waals surface area contributed by atoms with Gasteiger partial charge in [0.05, 0.1) is 24.3 Å². The van der Waals surface area contributed by atoms with Gasteiger partial charge < -0.3 is 24.4 Å². The Morgan fingerprint density at radius 2 is 1.71 bits per heavy atom. The molecule has 0 spiro atoms. The number of aromatic carboxylic acids is 2. The van der Waals surface area contributed by atoms with Crippen LogP contribution < -0.4 is 4.74 Å². The number of hydrogen-bond acceptors (Lipinski definition) is 5. The van der Waals surface area contributed by atoms with E-state index in [1.165, 1.54) is 18.2 Å². The molecule has 0 aliphatic rings. The van der Waals surface area contributed by atoms with Crippen LogP contribution in [0.5, 0.6) is 11.5 Å². The van der Waals surface area contributed by atoms with Crippen molar-refractivity contribution in [3.63, 3.8) is 0 Å². The Kier molecular flexibility index (Phi) is 8.03. The molecule has 0 amide bonds. The second-order valence-corrected chi connectivity index (χ2v) is 5.47. The number of carboxylic acid groups (broad SMARTS) is 2. The minimum absolute atomic E-state index is 0.0744. The molecule has 0 aliphatic heterocycles. The molecular weight excluding hydrogens is 364 g/mol. The lowest BCUT2D eigenvalue weighted by Gasteiger charge is -2.11. The standard InChI is InChI=1S/C21H20O7/c1-2-26-12-13-27-11-5-7-15-6-3-4-8-18(15)28-19-14-16(20(22)23)9-10-17(19)21(24)25/h3-4,6,8-10,14H,2,11-13H2,1H3,(H,22,23)(H,24,25). The highest BCUT2D eigenvalue weighted by Crippen LogP contribution is 2.29. The predicted octanol–water partition coefficient (Wildman–Crippen LogP) is 3.28. The van der Waals surface area contributed by atoms with E-state index in [-0.39, 0.29) is 23.5 Å². The first-order valence-electron chi connectivity index (χ1n) is 8.54. The molecule has 7 heteroatoms. The van der Waals surface area contributed by atoms with Gasteiger partial charge in [0, 0.05) is 6.61 Å². The Balaban J connectivity index is 2.18. The van der Waals surface area contributed by atoms with E-state index in [1.807, 2.05) is 6.92 Å². The van der Waals surface area contributed by atoms with Crippen molar-refractivity contribution >= 4 is 11.9 Å². The van der Waals surface area contributed by atoms with Gasteiger partial charge in [0.1, 0.15) is 23.7 Å². The summed E-state index contributed by atoms with van der Waals surface area (Å²) in [5.74, 6) is 3.59. The van der Waals surface area contributed by atoms with Crippen LogP contribution in [-0.2, 0) is 9.47 Å². The molecule has 0 fully saturated rings. The molecule has 0 unspecified atom stereocenters. The highest BCUT2D eigenvalue weighted by molar-refractivity contribution is 5.94. The first-order valence-corrected chi connectivity index (χ1v) is 8.54. The van der Waals surface area contributed by atoms with Gasteiger partial charge in [0.2, 0.25) is 0 Å². The molecule has 2 aromatic rings. The molecule has 0 aliphatic carbocycles. The summed E-state index contributed by atoms with van der Waals surface area (Å²) in [7, 11) is 0. The zero-order valence-electron chi connectivity index (χ0n) is 15.3. The molecule has 0 radical (unpaired) electrons. The van der Waals surface area contributed by atoms with E-state index in [0.29, 0.717) is 31.1 Å². The van der Waals surface area contributed by atoms with Crippen LogP contribution in [0.3, 0.4) is 0 Å². The van der Waals surface area contributed by atoms with Gasteiger partial charge >= 0.3 is 11.9 Å². The SMILES string of the molecule is CCOCCOCC#Cc1ccccc1Oc1cc(C(=O)O)ccc1C(=O)O. The van der Waals surface area contributed by atoms with E-state index in [0.717, 1.165) is 0 Å². The zero-order chi connectivity index (χ0) is 20.4. The van der Waals surface area contributed by atoms with Crippen LogP contribution in [0.1, 0.15) is 33.2 Å². The largest absolute Gasteiger partial charge is 0.478 e. The molecule has 0 saturated heterocycles. The average Bonchev–Trinajstić information content (AvgIpc) is 2.68. The smallest absolute Gasteiger partial charge is 0.339 e. The third kappa shape index (κ3) is 6.13. The fourth-order valence-electron chi connectivity index (χ4n) is 2.21. The summed E-state index contributed by atoms with van der Waals surface area (Å²) < 4.78 is 16.2. The average molecular weight is 384 g/mol. The second kappa shape index (κ2) is 10.7. The number of rotatable bonds is 9. The lowest BCUT2D eigenvalue weighted by molar-refractivity contribution is 0.0662. The van der Waals surface area contributed by atoms with Gasteiger partial charge in [-0.1, -0.05) is 24.0 Å². The third-order valence-corrected chi connectivity index (χ3v) is 3.54. The number of para-hydroxylation sites is 1. The zero-order valence-corrected chi connectivity index (χ0v) is 15.3. The van der Waals surface area contributed by atoms with Crippen LogP contribution in [0.25, 0.3) is 0 Å². The van der Waals surface area contributed by atoms with Gasteiger partial charge in [-0.3, -0.25) is 0 Å². The number of hydrogen-bond donors (Lipinski definition) is 2. The topological polar surface area (TPSA) is 102 Å². The van der Waals surface area contributed by atoms with Crippen LogP contribution in [0, 0.1) is 11.8 Å². The number of carboxylic acids is 2. The van der Waals surface area contributed by atoms with Crippen molar-refractivity contribution in [1.82, 2.24) is 0 Å². The van der Waals surface area contributed by atoms with Gasteiger partial charge in [-0.05, 0) is 37.3 Å². The summed E-state index contributed by atoms with van der Waals surface area (Å²) in [5.41, 5.74) is 0.297. The summed E-state index contributed by atoms with van der Waals surface area (Å²) in [6, 6.07) is 10.4. The van der Waals surface area contributed by atoms with Crippen molar-refractivity contribution in [2.45, 2.75) is 6.92 Å². The van der Waals surface area contributed by atoms with Crippen LogP contribution in [-0.4, -0.2) is 48.6 Å². The van der Waals surface area contributed by atoms with Crippen molar-refractivity contribution in [2.24, 2.45) is 0 Å². The van der Waals surface area contributed by atoms with E-state index in [2.05, 4.69) is 11.8 Å². The molecular formula is C21H20O7. The Bertz CT molecular complexity index is 893. The summed E-state index contributed by atoms with van der Waals surface area (Å²) in [6.45, 7) is 3.66. The number of benzene rings is 2. The molecule has 2 rings (SSSR count). The van der Waals surface area contributed by atoms with Gasteiger partial charge in [0.15, 0.2) is 0 Å². The highest BCUT2D eigenvalue weighted by atomic mass is 16.5. The fourth-order valence-corrected chi connectivity index (χ4v) is 2.21. The molecule has 0 saturated carbocycles. The normalized spacial score (nSPS) is 10.0. The second-order valence-electron chi connectivity index (χ2n) is 5.47. The molecule has 7 nitrogen and oxygen atoms in total. The summed E-state index contributed by atoms with van der Waals surface area (Å²) in [4.78, 5) is 22.6. The maximum atomic E-state index is 11.4. The molecule has 2 N–H and O–H groups in total. The third-order valence-electron chi connectivity index (χ3n) is 3.54. The van der Waals surface area contributed by atoms with Gasteiger partial charge in [-0.25, -0.2) is 9.59 Å². The van der Waals surface area contributed by atoms with Crippen LogP contribution in [0.2, 0.25) is 0 Å². The minimum atomic E-state index is -1.22. The van der Waals surface area contributed by atoms with Crippen molar-refractivity contribution in [1.29, 1.82) is 0 Å². The molecule has 0 bridgehead atoms. The van der Waals surface area contributed by atoms with E-state index in [1.54, 1.807) is 24.3 Å². The minimum Gasteiger partial charge on any atom is -0.478 e. The van der Waals surface area contributed by atoms with Crippen molar-refractivity contribution in [2.75, 3.05) is 26.4 Å². The van der Waals surface area contributed by atoms with Crippen LogP contribution >= 0.6 is 0 Å². The van der Waals surface area contributed by atoms with Crippen LogP contribution in [0.15, 0.2) is 42.5 Å². The highest BCUT2D eigenvalue weighted by Gasteiger charge is 2.16. The molecule has 0 aromatic heterocycles. The molecule has 28 heavy (non-hydrogen) atoms. The lowest BCUT2D eigenvalue weighted by atomic mass is 10.1. The Labute approximate surface area is 162 Å².